The van der Waals surface area contributed by atoms with Crippen molar-refractivity contribution in [2.45, 2.75) is 20.4 Å². The van der Waals surface area contributed by atoms with E-state index in [1.165, 1.54) is 11.3 Å². The number of imidazole rings is 1. The molecule has 0 aliphatic carbocycles. The van der Waals surface area contributed by atoms with Gasteiger partial charge in [0.15, 0.2) is 5.13 Å². The van der Waals surface area contributed by atoms with Crippen LogP contribution >= 0.6 is 11.3 Å². The van der Waals surface area contributed by atoms with Gasteiger partial charge in [-0.15, -0.1) is 0 Å². The third-order valence-corrected chi connectivity index (χ3v) is 4.07. The quantitative estimate of drug-likeness (QED) is 0.768. The van der Waals surface area contributed by atoms with Crippen molar-refractivity contribution in [3.05, 3.63) is 30.2 Å². The van der Waals surface area contributed by atoms with E-state index in [1.807, 2.05) is 19.3 Å². The number of hydrogen-bond donors (Lipinski definition) is 1. The second-order valence-electron chi connectivity index (χ2n) is 4.20. The number of nitrogen functional groups attached to an aromatic ring is 1. The van der Waals surface area contributed by atoms with Crippen molar-refractivity contribution < 1.29 is 0 Å². The fraction of sp³-hybridized carbons (Fsp3) is 0.231. The Morgan fingerprint density at radius 2 is 2.22 bits per heavy atom. The van der Waals surface area contributed by atoms with Gasteiger partial charge in [-0.25, -0.2) is 9.97 Å². The van der Waals surface area contributed by atoms with Crippen LogP contribution in [0.15, 0.2) is 24.5 Å². The van der Waals surface area contributed by atoms with Gasteiger partial charge in [-0.3, -0.25) is 0 Å². The zero-order chi connectivity index (χ0) is 12.7. The summed E-state index contributed by atoms with van der Waals surface area (Å²) >= 11 is 1.53. The van der Waals surface area contributed by atoms with E-state index in [9.17, 15) is 0 Å². The number of rotatable bonds is 2. The summed E-state index contributed by atoms with van der Waals surface area (Å²) in [6.07, 6.45) is 1.88. The summed E-state index contributed by atoms with van der Waals surface area (Å²) in [4.78, 5) is 9.79. The normalized spacial score (nSPS) is 11.2. The maximum absolute atomic E-state index is 5.76. The number of aryl methyl sites for hydroxylation is 2. The number of aromatic nitrogens is 3. The van der Waals surface area contributed by atoms with E-state index in [2.05, 4.69) is 33.6 Å². The van der Waals surface area contributed by atoms with E-state index in [4.69, 9.17) is 5.73 Å². The highest BCUT2D eigenvalue weighted by Gasteiger charge is 2.10. The molecule has 2 aromatic heterocycles. The van der Waals surface area contributed by atoms with E-state index in [-0.39, 0.29) is 0 Å². The lowest BCUT2D eigenvalue weighted by Gasteiger charge is -2.02. The lowest BCUT2D eigenvalue weighted by atomic mass is 10.1. The van der Waals surface area contributed by atoms with E-state index in [0.29, 0.717) is 5.13 Å². The van der Waals surface area contributed by atoms with Crippen LogP contribution in [0.2, 0.25) is 0 Å². The molecule has 0 spiro atoms. The number of thiazole rings is 1. The Morgan fingerprint density at radius 3 is 2.89 bits per heavy atom. The monoisotopic (exact) mass is 258 g/mol. The van der Waals surface area contributed by atoms with E-state index in [1.54, 1.807) is 0 Å². The zero-order valence-corrected chi connectivity index (χ0v) is 11.2. The molecule has 0 fully saturated rings. The fourth-order valence-electron chi connectivity index (χ4n) is 2.14. The Morgan fingerprint density at radius 1 is 1.39 bits per heavy atom. The summed E-state index contributed by atoms with van der Waals surface area (Å²) in [5.74, 6) is 0. The second-order valence-corrected chi connectivity index (χ2v) is 5.23. The molecule has 0 atom stereocenters. The first-order valence-electron chi connectivity index (χ1n) is 5.87. The van der Waals surface area contributed by atoms with Crippen molar-refractivity contribution >= 4 is 27.5 Å². The minimum absolute atomic E-state index is 0.617. The predicted molar refractivity (Wildman–Crippen MR) is 75.7 cm³/mol. The molecule has 92 valence electrons. The summed E-state index contributed by atoms with van der Waals surface area (Å²) < 4.78 is 2.14. The number of nitrogens with two attached hydrogens (primary N) is 1. The van der Waals surface area contributed by atoms with E-state index < -0.39 is 0 Å². The van der Waals surface area contributed by atoms with Crippen molar-refractivity contribution in [1.29, 1.82) is 0 Å². The molecule has 0 saturated heterocycles. The Hall–Kier alpha value is -1.88. The molecule has 4 nitrogen and oxygen atoms in total. The van der Waals surface area contributed by atoms with Gasteiger partial charge in [0.05, 0.1) is 27.9 Å². The van der Waals surface area contributed by atoms with Gasteiger partial charge in [-0.2, -0.15) is 0 Å². The molecular weight excluding hydrogens is 244 g/mol. The van der Waals surface area contributed by atoms with Gasteiger partial charge < -0.3 is 10.3 Å². The fourth-order valence-corrected chi connectivity index (χ4v) is 2.96. The first-order valence-corrected chi connectivity index (χ1v) is 6.69. The van der Waals surface area contributed by atoms with Crippen LogP contribution in [0.25, 0.3) is 21.5 Å². The van der Waals surface area contributed by atoms with Crippen molar-refractivity contribution in [3.8, 4) is 10.4 Å². The molecule has 0 amide bonds. The van der Waals surface area contributed by atoms with Gasteiger partial charge in [-0.05, 0) is 31.5 Å². The smallest absolute Gasteiger partial charge is 0.180 e. The third kappa shape index (κ3) is 1.67. The lowest BCUT2D eigenvalue weighted by Crippen LogP contribution is -1.90. The van der Waals surface area contributed by atoms with E-state index >= 15 is 0 Å². The third-order valence-electron chi connectivity index (χ3n) is 3.04. The molecular formula is C13H14N4S. The van der Waals surface area contributed by atoms with Crippen molar-refractivity contribution in [3.63, 3.8) is 0 Å². The molecule has 18 heavy (non-hydrogen) atoms. The molecule has 1 aromatic carbocycles. The Bertz CT molecular complexity index is 711. The molecule has 0 unspecified atom stereocenters. The number of nitrogens with zero attached hydrogens (tertiary/aromatic N) is 3. The number of anilines is 1. The number of hydrogen-bond acceptors (Lipinski definition) is 4. The second kappa shape index (κ2) is 4.10. The van der Waals surface area contributed by atoms with Crippen LogP contribution in [0.5, 0.6) is 0 Å². The zero-order valence-electron chi connectivity index (χ0n) is 10.3. The largest absolute Gasteiger partial charge is 0.375 e. The molecule has 3 aromatic rings. The molecule has 2 heterocycles. The first kappa shape index (κ1) is 11.2. The van der Waals surface area contributed by atoms with Gasteiger partial charge in [0.25, 0.3) is 0 Å². The Balaban J connectivity index is 2.20. The minimum atomic E-state index is 0.617. The number of benzene rings is 1. The Labute approximate surface area is 109 Å². The highest BCUT2D eigenvalue weighted by Crippen LogP contribution is 2.32. The number of fused-ring (bicyclic) bond motifs is 1. The van der Waals surface area contributed by atoms with Gasteiger partial charge in [0.1, 0.15) is 0 Å². The molecule has 0 radical (unpaired) electrons. The lowest BCUT2D eigenvalue weighted by molar-refractivity contribution is 0.787. The van der Waals surface area contributed by atoms with Crippen molar-refractivity contribution in [1.82, 2.24) is 14.5 Å². The van der Waals surface area contributed by atoms with Crippen LogP contribution in [-0.2, 0) is 6.54 Å². The average molecular weight is 258 g/mol. The summed E-state index contributed by atoms with van der Waals surface area (Å²) in [5.41, 5.74) is 10.1. The summed E-state index contributed by atoms with van der Waals surface area (Å²) in [7, 11) is 0. The summed E-state index contributed by atoms with van der Waals surface area (Å²) in [5, 5.41) is 0.617. The first-order chi connectivity index (χ1) is 8.69. The summed E-state index contributed by atoms with van der Waals surface area (Å²) in [6, 6.07) is 6.28. The van der Waals surface area contributed by atoms with E-state index in [0.717, 1.165) is 33.7 Å². The molecule has 0 aliphatic rings. The van der Waals surface area contributed by atoms with Gasteiger partial charge in [0.2, 0.25) is 0 Å². The van der Waals surface area contributed by atoms with Crippen molar-refractivity contribution in [2.75, 3.05) is 5.73 Å². The predicted octanol–water partition coefficient (Wildman–Crippen LogP) is 3.07. The van der Waals surface area contributed by atoms with Gasteiger partial charge >= 0.3 is 0 Å². The van der Waals surface area contributed by atoms with Gasteiger partial charge in [0, 0.05) is 6.54 Å². The molecule has 5 heteroatoms. The highest BCUT2D eigenvalue weighted by atomic mass is 32.1. The minimum Gasteiger partial charge on any atom is -0.375 e. The van der Waals surface area contributed by atoms with Crippen LogP contribution in [-0.4, -0.2) is 14.5 Å². The Kier molecular flexibility index (Phi) is 2.56. The molecule has 0 bridgehead atoms. The van der Waals surface area contributed by atoms with Crippen LogP contribution in [0.3, 0.4) is 0 Å². The maximum Gasteiger partial charge on any atom is 0.180 e. The van der Waals surface area contributed by atoms with Gasteiger partial charge in [-0.1, -0.05) is 17.4 Å². The van der Waals surface area contributed by atoms with Crippen molar-refractivity contribution in [2.24, 2.45) is 0 Å². The molecule has 3 rings (SSSR count). The standard InChI is InChI=1S/C13H14N4S/c1-3-17-7-15-10-5-4-9(6-11(10)17)12-8(2)16-13(14)18-12/h4-7H,3H2,1-2H3,(H2,14,16). The highest BCUT2D eigenvalue weighted by molar-refractivity contribution is 7.18. The SMILES string of the molecule is CCn1cnc2ccc(-c3sc(N)nc3C)cc21. The average Bonchev–Trinajstić information content (AvgIpc) is 2.91. The maximum atomic E-state index is 5.76. The topological polar surface area (TPSA) is 56.7 Å². The molecule has 2 N–H and O–H groups in total. The summed E-state index contributed by atoms with van der Waals surface area (Å²) in [6.45, 7) is 5.02. The van der Waals surface area contributed by atoms with Crippen LogP contribution in [0.1, 0.15) is 12.6 Å². The van der Waals surface area contributed by atoms with Crippen LogP contribution in [0, 0.1) is 6.92 Å². The molecule has 0 saturated carbocycles. The van der Waals surface area contributed by atoms with Crippen LogP contribution < -0.4 is 5.73 Å². The van der Waals surface area contributed by atoms with Crippen LogP contribution in [0.4, 0.5) is 5.13 Å². The molecule has 0 aliphatic heterocycles.